The average molecular weight is 258 g/mol. The molecule has 3 rings (SSSR count). The zero-order valence-electron chi connectivity index (χ0n) is 11.3. The Morgan fingerprint density at radius 2 is 1.95 bits per heavy atom. The molecule has 3 unspecified atom stereocenters. The second kappa shape index (κ2) is 5.74. The molecule has 0 radical (unpaired) electrons. The van der Waals surface area contributed by atoms with Gasteiger partial charge in [0.05, 0.1) is 6.04 Å². The maximum absolute atomic E-state index is 12.2. The lowest BCUT2D eigenvalue weighted by Gasteiger charge is -2.23. The van der Waals surface area contributed by atoms with E-state index in [0.29, 0.717) is 12.0 Å². The van der Waals surface area contributed by atoms with Crippen LogP contribution in [0.5, 0.6) is 0 Å². The number of amides is 1. The van der Waals surface area contributed by atoms with Gasteiger partial charge in [0.2, 0.25) is 5.91 Å². The van der Waals surface area contributed by atoms with Gasteiger partial charge >= 0.3 is 0 Å². The number of benzene rings is 1. The number of hydrogen-bond donors (Lipinski definition) is 2. The van der Waals surface area contributed by atoms with Crippen LogP contribution in [0.3, 0.4) is 0 Å². The minimum Gasteiger partial charge on any atom is -0.351 e. The Morgan fingerprint density at radius 3 is 2.68 bits per heavy atom. The Balaban J connectivity index is 1.65. The molecule has 2 N–H and O–H groups in total. The highest BCUT2D eigenvalue weighted by Crippen LogP contribution is 2.34. The number of carbonyl (C=O) groups is 1. The molecule has 1 saturated carbocycles. The van der Waals surface area contributed by atoms with Crippen molar-refractivity contribution >= 4 is 5.91 Å². The van der Waals surface area contributed by atoms with E-state index in [1.54, 1.807) is 0 Å². The van der Waals surface area contributed by atoms with Gasteiger partial charge in [0.1, 0.15) is 0 Å². The van der Waals surface area contributed by atoms with Gasteiger partial charge in [0.25, 0.3) is 0 Å². The van der Waals surface area contributed by atoms with E-state index in [2.05, 4.69) is 41.0 Å². The summed E-state index contributed by atoms with van der Waals surface area (Å²) in [6.07, 6.45) is 5.60. The van der Waals surface area contributed by atoms with Crippen molar-refractivity contribution < 1.29 is 4.79 Å². The van der Waals surface area contributed by atoms with Crippen molar-refractivity contribution in [3.63, 3.8) is 0 Å². The first-order valence-electron chi connectivity index (χ1n) is 7.43. The predicted octanol–water partition coefficient (Wildman–Crippen LogP) is 2.19. The fraction of sp³-hybridized carbons (Fsp3) is 0.562. The zero-order valence-corrected chi connectivity index (χ0v) is 11.3. The Bertz CT molecular complexity index is 426. The highest BCUT2D eigenvalue weighted by Gasteiger charge is 2.32. The minimum atomic E-state index is 0.0389. The van der Waals surface area contributed by atoms with Crippen LogP contribution in [0.4, 0.5) is 0 Å². The first kappa shape index (κ1) is 12.7. The molecular weight excluding hydrogens is 236 g/mol. The van der Waals surface area contributed by atoms with Crippen molar-refractivity contribution in [2.75, 3.05) is 6.54 Å². The van der Waals surface area contributed by atoms with E-state index in [-0.39, 0.29) is 11.9 Å². The predicted molar refractivity (Wildman–Crippen MR) is 76.0 cm³/mol. The number of rotatable bonds is 3. The van der Waals surface area contributed by atoms with E-state index in [4.69, 9.17) is 0 Å². The highest BCUT2D eigenvalue weighted by molar-refractivity contribution is 5.82. The van der Waals surface area contributed by atoms with Gasteiger partial charge in [0, 0.05) is 12.0 Å². The molecule has 19 heavy (non-hydrogen) atoms. The first-order chi connectivity index (χ1) is 9.34. The van der Waals surface area contributed by atoms with Gasteiger partial charge in [-0.05, 0) is 37.8 Å². The lowest BCUT2D eigenvalue weighted by Crippen LogP contribution is -2.45. The van der Waals surface area contributed by atoms with Crippen molar-refractivity contribution in [2.24, 2.45) is 0 Å². The topological polar surface area (TPSA) is 41.1 Å². The van der Waals surface area contributed by atoms with Crippen molar-refractivity contribution in [3.8, 4) is 0 Å². The highest BCUT2D eigenvalue weighted by atomic mass is 16.2. The molecule has 1 saturated heterocycles. The molecule has 1 heterocycles. The van der Waals surface area contributed by atoms with E-state index in [0.717, 1.165) is 25.8 Å². The Kier molecular flexibility index (Phi) is 3.83. The molecule has 1 aromatic rings. The molecule has 3 nitrogen and oxygen atoms in total. The molecule has 2 fully saturated rings. The van der Waals surface area contributed by atoms with Gasteiger partial charge in [-0.15, -0.1) is 0 Å². The molecule has 0 aromatic heterocycles. The average Bonchev–Trinajstić information content (AvgIpc) is 3.11. The number of carbonyl (C=O) groups excluding carboxylic acids is 1. The van der Waals surface area contributed by atoms with Crippen LogP contribution in [0.15, 0.2) is 30.3 Å². The van der Waals surface area contributed by atoms with Crippen molar-refractivity contribution in [3.05, 3.63) is 35.9 Å². The summed E-state index contributed by atoms with van der Waals surface area (Å²) in [6, 6.07) is 10.9. The monoisotopic (exact) mass is 258 g/mol. The smallest absolute Gasteiger partial charge is 0.237 e. The summed E-state index contributed by atoms with van der Waals surface area (Å²) in [7, 11) is 0. The summed E-state index contributed by atoms with van der Waals surface area (Å²) in [4.78, 5) is 12.2. The van der Waals surface area contributed by atoms with Crippen LogP contribution in [-0.4, -0.2) is 24.5 Å². The second-order valence-corrected chi connectivity index (χ2v) is 5.71. The van der Waals surface area contributed by atoms with Crippen LogP contribution < -0.4 is 10.6 Å². The third kappa shape index (κ3) is 2.81. The van der Waals surface area contributed by atoms with Gasteiger partial charge in [-0.2, -0.15) is 0 Å². The third-order valence-electron chi connectivity index (χ3n) is 4.45. The van der Waals surface area contributed by atoms with Crippen molar-refractivity contribution in [2.45, 2.75) is 50.1 Å². The van der Waals surface area contributed by atoms with E-state index in [9.17, 15) is 4.79 Å². The molecule has 0 bridgehead atoms. The zero-order chi connectivity index (χ0) is 13.1. The fourth-order valence-corrected chi connectivity index (χ4v) is 3.42. The third-order valence-corrected chi connectivity index (χ3v) is 4.45. The summed E-state index contributed by atoms with van der Waals surface area (Å²) in [5.74, 6) is 0.692. The van der Waals surface area contributed by atoms with Crippen LogP contribution in [-0.2, 0) is 4.79 Å². The normalized spacial score (nSPS) is 30.4. The Morgan fingerprint density at radius 1 is 1.11 bits per heavy atom. The standard InChI is InChI=1S/C16H22N2O/c19-16(15-10-5-11-17-15)18-14-9-4-8-13(14)12-6-2-1-3-7-12/h1-3,6-7,13-15,17H,4-5,8-11H2,(H,18,19). The van der Waals surface area contributed by atoms with Gasteiger partial charge in [-0.1, -0.05) is 36.8 Å². The Hall–Kier alpha value is -1.35. The molecule has 1 amide bonds. The number of hydrogen-bond acceptors (Lipinski definition) is 2. The molecule has 1 aliphatic heterocycles. The van der Waals surface area contributed by atoms with Gasteiger partial charge < -0.3 is 10.6 Å². The number of nitrogens with one attached hydrogen (secondary N) is 2. The molecule has 3 heteroatoms. The largest absolute Gasteiger partial charge is 0.351 e. The minimum absolute atomic E-state index is 0.0389. The van der Waals surface area contributed by atoms with Crippen molar-refractivity contribution in [1.29, 1.82) is 0 Å². The lowest BCUT2D eigenvalue weighted by atomic mass is 9.94. The summed E-state index contributed by atoms with van der Waals surface area (Å²) >= 11 is 0. The van der Waals surface area contributed by atoms with Crippen LogP contribution in [0.25, 0.3) is 0 Å². The SMILES string of the molecule is O=C(NC1CCCC1c1ccccc1)C1CCCN1. The van der Waals surface area contributed by atoms with Gasteiger partial charge in [0.15, 0.2) is 0 Å². The molecule has 3 atom stereocenters. The van der Waals surface area contributed by atoms with Crippen LogP contribution in [0, 0.1) is 0 Å². The summed E-state index contributed by atoms with van der Waals surface area (Å²) in [5, 5.41) is 6.54. The molecular formula is C16H22N2O. The van der Waals surface area contributed by atoms with Crippen LogP contribution in [0.2, 0.25) is 0 Å². The summed E-state index contributed by atoms with van der Waals surface area (Å²) < 4.78 is 0. The van der Waals surface area contributed by atoms with E-state index in [1.165, 1.54) is 18.4 Å². The first-order valence-corrected chi connectivity index (χ1v) is 7.43. The van der Waals surface area contributed by atoms with Gasteiger partial charge in [-0.3, -0.25) is 4.79 Å². The summed E-state index contributed by atoms with van der Waals surface area (Å²) in [6.45, 7) is 0.977. The van der Waals surface area contributed by atoms with E-state index < -0.39 is 0 Å². The van der Waals surface area contributed by atoms with Crippen LogP contribution >= 0.6 is 0 Å². The van der Waals surface area contributed by atoms with Crippen molar-refractivity contribution in [1.82, 2.24) is 10.6 Å². The summed E-state index contributed by atoms with van der Waals surface area (Å²) in [5.41, 5.74) is 1.37. The Labute approximate surface area is 114 Å². The van der Waals surface area contributed by atoms with Gasteiger partial charge in [-0.25, -0.2) is 0 Å². The molecule has 0 spiro atoms. The van der Waals surface area contributed by atoms with E-state index >= 15 is 0 Å². The molecule has 1 aliphatic carbocycles. The second-order valence-electron chi connectivity index (χ2n) is 5.71. The quantitative estimate of drug-likeness (QED) is 0.872. The maximum Gasteiger partial charge on any atom is 0.237 e. The molecule has 2 aliphatic rings. The molecule has 1 aromatic carbocycles. The fourth-order valence-electron chi connectivity index (χ4n) is 3.42. The maximum atomic E-state index is 12.2. The van der Waals surface area contributed by atoms with Crippen LogP contribution in [0.1, 0.15) is 43.6 Å². The van der Waals surface area contributed by atoms with E-state index in [1.807, 2.05) is 0 Å². The lowest BCUT2D eigenvalue weighted by molar-refractivity contribution is -0.123. The molecule has 102 valence electrons.